The number of benzene rings is 1. The van der Waals surface area contributed by atoms with Gasteiger partial charge in [-0.3, -0.25) is 0 Å². The smallest absolute Gasteiger partial charge is 0.315 e. The summed E-state index contributed by atoms with van der Waals surface area (Å²) >= 11 is 0. The number of nitrogens with one attached hydrogen (secondary N) is 2. The topological polar surface area (TPSA) is 70.6 Å². The highest BCUT2D eigenvalue weighted by Crippen LogP contribution is 2.30. The molecule has 2 rings (SSSR count). The molecule has 1 aliphatic rings. The van der Waals surface area contributed by atoms with Gasteiger partial charge < -0.3 is 20.5 Å². The Labute approximate surface area is 113 Å². The lowest BCUT2D eigenvalue weighted by molar-refractivity contribution is -0.0290. The maximum atomic E-state index is 11.6. The van der Waals surface area contributed by atoms with Crippen molar-refractivity contribution in [2.45, 2.75) is 31.4 Å². The lowest BCUT2D eigenvalue weighted by atomic mass is 9.80. The van der Waals surface area contributed by atoms with Crippen LogP contribution < -0.4 is 15.4 Å². The number of hydrogen-bond donors (Lipinski definition) is 3. The van der Waals surface area contributed by atoms with Gasteiger partial charge in [0.05, 0.1) is 12.7 Å². The first-order chi connectivity index (χ1) is 9.11. The Morgan fingerprint density at radius 1 is 1.32 bits per heavy atom. The van der Waals surface area contributed by atoms with Crippen LogP contribution in [0.25, 0.3) is 0 Å². The third-order valence-corrected chi connectivity index (χ3v) is 3.47. The van der Waals surface area contributed by atoms with Gasteiger partial charge in [-0.1, -0.05) is 12.1 Å². The van der Waals surface area contributed by atoms with E-state index in [9.17, 15) is 9.90 Å². The number of rotatable bonds is 5. The van der Waals surface area contributed by atoms with Crippen molar-refractivity contribution in [3.63, 3.8) is 0 Å². The fourth-order valence-electron chi connectivity index (χ4n) is 1.99. The standard InChI is InChI=1S/C14H20N2O3/c1-19-12-5-3-11(4-6-12)9-15-13(17)16-10-14(18)7-2-8-14/h3-6,18H,2,7-10H2,1H3,(H2,15,16,17). The molecule has 0 bridgehead atoms. The van der Waals surface area contributed by atoms with Gasteiger partial charge in [-0.25, -0.2) is 4.79 Å². The van der Waals surface area contributed by atoms with Crippen LogP contribution in [0.3, 0.4) is 0 Å². The zero-order chi connectivity index (χ0) is 13.7. The number of amides is 2. The summed E-state index contributed by atoms with van der Waals surface area (Å²) in [5.74, 6) is 0.792. The Bertz CT molecular complexity index is 427. The Balaban J connectivity index is 1.70. The Kier molecular flexibility index (Phi) is 4.27. The van der Waals surface area contributed by atoms with Crippen molar-refractivity contribution in [2.24, 2.45) is 0 Å². The molecule has 5 nitrogen and oxygen atoms in total. The van der Waals surface area contributed by atoms with Crippen molar-refractivity contribution in [1.29, 1.82) is 0 Å². The molecule has 3 N–H and O–H groups in total. The minimum atomic E-state index is -0.683. The molecule has 0 unspecified atom stereocenters. The first-order valence-electron chi connectivity index (χ1n) is 6.48. The van der Waals surface area contributed by atoms with E-state index in [1.807, 2.05) is 24.3 Å². The fraction of sp³-hybridized carbons (Fsp3) is 0.500. The highest BCUT2D eigenvalue weighted by atomic mass is 16.5. The molecule has 0 aliphatic heterocycles. The summed E-state index contributed by atoms with van der Waals surface area (Å²) in [6, 6.07) is 7.26. The maximum Gasteiger partial charge on any atom is 0.315 e. The Morgan fingerprint density at radius 2 is 2.00 bits per heavy atom. The van der Waals surface area contributed by atoms with Crippen molar-refractivity contribution in [3.05, 3.63) is 29.8 Å². The van der Waals surface area contributed by atoms with Gasteiger partial charge >= 0.3 is 6.03 Å². The SMILES string of the molecule is COc1ccc(CNC(=O)NCC2(O)CCC2)cc1. The van der Waals surface area contributed by atoms with Crippen LogP contribution in [0.1, 0.15) is 24.8 Å². The predicted molar refractivity (Wildman–Crippen MR) is 72.0 cm³/mol. The number of methoxy groups -OCH3 is 1. The number of carbonyl (C=O) groups excluding carboxylic acids is 1. The molecule has 1 aromatic rings. The third-order valence-electron chi connectivity index (χ3n) is 3.47. The highest BCUT2D eigenvalue weighted by Gasteiger charge is 2.34. The molecular weight excluding hydrogens is 244 g/mol. The van der Waals surface area contributed by atoms with Crippen molar-refractivity contribution in [2.75, 3.05) is 13.7 Å². The summed E-state index contributed by atoms with van der Waals surface area (Å²) in [6.45, 7) is 0.774. The van der Waals surface area contributed by atoms with E-state index in [2.05, 4.69) is 10.6 Å². The molecule has 19 heavy (non-hydrogen) atoms. The van der Waals surface area contributed by atoms with Crippen LogP contribution in [-0.2, 0) is 6.54 Å². The van der Waals surface area contributed by atoms with Gasteiger partial charge in [0.25, 0.3) is 0 Å². The monoisotopic (exact) mass is 264 g/mol. The maximum absolute atomic E-state index is 11.6. The van der Waals surface area contributed by atoms with Crippen molar-refractivity contribution >= 4 is 6.03 Å². The van der Waals surface area contributed by atoms with Crippen molar-refractivity contribution in [3.8, 4) is 5.75 Å². The molecule has 2 amide bonds. The van der Waals surface area contributed by atoms with E-state index >= 15 is 0 Å². The van der Waals surface area contributed by atoms with Crippen LogP contribution >= 0.6 is 0 Å². The second-order valence-corrected chi connectivity index (χ2v) is 4.96. The van der Waals surface area contributed by atoms with Crippen LogP contribution in [0.5, 0.6) is 5.75 Å². The minimum Gasteiger partial charge on any atom is -0.497 e. The van der Waals surface area contributed by atoms with Crippen molar-refractivity contribution in [1.82, 2.24) is 10.6 Å². The van der Waals surface area contributed by atoms with E-state index < -0.39 is 5.60 Å². The molecule has 1 aromatic carbocycles. The number of urea groups is 1. The third kappa shape index (κ3) is 3.86. The molecule has 0 radical (unpaired) electrons. The molecule has 1 saturated carbocycles. The van der Waals surface area contributed by atoms with E-state index in [1.54, 1.807) is 7.11 Å². The molecule has 0 saturated heterocycles. The Morgan fingerprint density at radius 3 is 2.53 bits per heavy atom. The normalized spacial score (nSPS) is 16.3. The van der Waals surface area contributed by atoms with Gasteiger partial charge in [0.1, 0.15) is 5.75 Å². The van der Waals surface area contributed by atoms with Gasteiger partial charge in [0.2, 0.25) is 0 Å². The quantitative estimate of drug-likeness (QED) is 0.753. The second kappa shape index (κ2) is 5.93. The van der Waals surface area contributed by atoms with Crippen LogP contribution in [0.4, 0.5) is 4.79 Å². The van der Waals surface area contributed by atoms with Gasteiger partial charge in [-0.05, 0) is 37.0 Å². The first kappa shape index (κ1) is 13.7. The zero-order valence-corrected chi connectivity index (χ0v) is 11.1. The molecule has 0 heterocycles. The van der Waals surface area contributed by atoms with Crippen LogP contribution in [0.15, 0.2) is 24.3 Å². The minimum absolute atomic E-state index is 0.254. The van der Waals surface area contributed by atoms with Crippen LogP contribution in [0.2, 0.25) is 0 Å². The average Bonchev–Trinajstić information content (AvgIpc) is 2.41. The molecule has 1 aliphatic carbocycles. The largest absolute Gasteiger partial charge is 0.497 e. The molecule has 1 fully saturated rings. The number of carbonyl (C=O) groups is 1. The lowest BCUT2D eigenvalue weighted by Crippen LogP contribution is -2.49. The van der Waals surface area contributed by atoms with E-state index in [0.717, 1.165) is 30.6 Å². The summed E-state index contributed by atoms with van der Waals surface area (Å²) < 4.78 is 5.06. The number of aliphatic hydroxyl groups is 1. The van der Waals surface area contributed by atoms with E-state index in [4.69, 9.17) is 4.74 Å². The molecule has 0 aromatic heterocycles. The number of ether oxygens (including phenoxy) is 1. The fourth-order valence-corrected chi connectivity index (χ4v) is 1.99. The second-order valence-electron chi connectivity index (χ2n) is 4.96. The van der Waals surface area contributed by atoms with Gasteiger partial charge in [-0.15, -0.1) is 0 Å². The zero-order valence-electron chi connectivity index (χ0n) is 11.1. The molecule has 104 valence electrons. The summed E-state index contributed by atoms with van der Waals surface area (Å²) in [4.78, 5) is 11.6. The summed E-state index contributed by atoms with van der Waals surface area (Å²) in [6.07, 6.45) is 2.57. The Hall–Kier alpha value is -1.75. The number of hydrogen-bond acceptors (Lipinski definition) is 3. The van der Waals surface area contributed by atoms with Crippen LogP contribution in [0, 0.1) is 0 Å². The molecular formula is C14H20N2O3. The van der Waals surface area contributed by atoms with Gasteiger partial charge in [0.15, 0.2) is 0 Å². The molecule has 0 spiro atoms. The van der Waals surface area contributed by atoms with Crippen molar-refractivity contribution < 1.29 is 14.6 Å². The van der Waals surface area contributed by atoms with E-state index in [0.29, 0.717) is 13.1 Å². The summed E-state index contributed by atoms with van der Waals surface area (Å²) in [5, 5.41) is 15.3. The van der Waals surface area contributed by atoms with Gasteiger partial charge in [-0.2, -0.15) is 0 Å². The molecule has 5 heteroatoms. The van der Waals surface area contributed by atoms with Crippen LogP contribution in [-0.4, -0.2) is 30.4 Å². The van der Waals surface area contributed by atoms with E-state index in [1.165, 1.54) is 0 Å². The average molecular weight is 264 g/mol. The molecule has 0 atom stereocenters. The van der Waals surface area contributed by atoms with Gasteiger partial charge in [0, 0.05) is 13.1 Å². The highest BCUT2D eigenvalue weighted by molar-refractivity contribution is 5.73. The lowest BCUT2D eigenvalue weighted by Gasteiger charge is -2.36. The predicted octanol–water partition coefficient (Wildman–Crippen LogP) is 1.41. The van der Waals surface area contributed by atoms with E-state index in [-0.39, 0.29) is 6.03 Å². The first-order valence-corrected chi connectivity index (χ1v) is 6.48. The summed E-state index contributed by atoms with van der Waals surface area (Å²) in [7, 11) is 1.62. The summed E-state index contributed by atoms with van der Waals surface area (Å²) in [5.41, 5.74) is 0.315.